The molecule has 0 saturated carbocycles. The number of aromatic nitrogens is 3. The molecular weight excluding hydrogens is 432 g/mol. The molecule has 0 bridgehead atoms. The fourth-order valence-corrected chi connectivity index (χ4v) is 5.73. The third-order valence-electron chi connectivity index (χ3n) is 5.18. The number of sulfonamides is 1. The van der Waals surface area contributed by atoms with E-state index in [1.54, 1.807) is 26.4 Å². The molecule has 0 saturated heterocycles. The number of nitrogens with zero attached hydrogens (tertiary/aromatic N) is 3. The van der Waals surface area contributed by atoms with E-state index in [0.717, 1.165) is 24.8 Å². The van der Waals surface area contributed by atoms with Gasteiger partial charge in [0.1, 0.15) is 0 Å². The average molecular weight is 451 g/mol. The zero-order valence-corrected chi connectivity index (χ0v) is 17.4. The molecule has 0 unspecified atom stereocenters. The van der Waals surface area contributed by atoms with Crippen LogP contribution in [-0.4, -0.2) is 22.5 Å². The molecule has 7 nitrogen and oxygen atoms in total. The maximum Gasteiger partial charge on any atom is 0.328 e. The van der Waals surface area contributed by atoms with Gasteiger partial charge in [-0.1, -0.05) is 0 Å². The number of benzene rings is 1. The second-order valence-electron chi connectivity index (χ2n) is 6.79. The molecule has 0 radical (unpaired) electrons. The highest BCUT2D eigenvalue weighted by Crippen LogP contribution is 2.28. The molecule has 4 rings (SSSR count). The third kappa shape index (κ3) is 3.03. The Hall–Kier alpha value is -1.97. The number of rotatable bonds is 4. The van der Waals surface area contributed by atoms with Crippen molar-refractivity contribution in [1.29, 1.82) is 0 Å². The van der Waals surface area contributed by atoms with Crippen molar-refractivity contribution in [2.75, 3.05) is 0 Å². The van der Waals surface area contributed by atoms with E-state index in [4.69, 9.17) is 0 Å². The predicted octanol–water partition coefficient (Wildman–Crippen LogP) is 2.00. The number of nitrogens with one attached hydrogen (secondary N) is 1. The zero-order chi connectivity index (χ0) is 19.3. The van der Waals surface area contributed by atoms with E-state index < -0.39 is 10.0 Å². The van der Waals surface area contributed by atoms with Crippen LogP contribution in [-0.2, 0) is 43.5 Å². The van der Waals surface area contributed by atoms with Crippen LogP contribution in [0.15, 0.2) is 38.7 Å². The molecule has 0 spiro atoms. The van der Waals surface area contributed by atoms with E-state index in [2.05, 4.69) is 25.6 Å². The van der Waals surface area contributed by atoms with Gasteiger partial charge < -0.3 is 0 Å². The lowest BCUT2D eigenvalue weighted by Crippen LogP contribution is -2.24. The van der Waals surface area contributed by atoms with Crippen molar-refractivity contribution in [3.8, 4) is 0 Å². The summed E-state index contributed by atoms with van der Waals surface area (Å²) in [5, 5.41) is 0. The monoisotopic (exact) mass is 450 g/mol. The fourth-order valence-electron chi connectivity index (χ4n) is 3.68. The van der Waals surface area contributed by atoms with E-state index in [9.17, 15) is 13.2 Å². The number of hydrogen-bond donors (Lipinski definition) is 1. The second kappa shape index (κ2) is 6.57. The molecule has 1 aliphatic rings. The molecule has 142 valence electrons. The van der Waals surface area contributed by atoms with Crippen LogP contribution in [0.2, 0.25) is 0 Å². The summed E-state index contributed by atoms with van der Waals surface area (Å²) in [4.78, 5) is 16.5. The molecule has 1 N–H and O–H groups in total. The Labute approximate surface area is 165 Å². The molecule has 0 atom stereocenters. The minimum Gasteiger partial charge on any atom is -0.295 e. The third-order valence-corrected chi connectivity index (χ3v) is 7.54. The van der Waals surface area contributed by atoms with Gasteiger partial charge in [-0.25, -0.2) is 17.9 Å². The van der Waals surface area contributed by atoms with Crippen molar-refractivity contribution >= 4 is 37.0 Å². The average Bonchev–Trinajstić information content (AvgIpc) is 3.20. The Morgan fingerprint density at radius 2 is 1.85 bits per heavy atom. The van der Waals surface area contributed by atoms with Crippen molar-refractivity contribution in [2.45, 2.75) is 30.7 Å². The minimum absolute atomic E-state index is 0.108. The van der Waals surface area contributed by atoms with Gasteiger partial charge in [0.15, 0.2) is 0 Å². The molecule has 0 amide bonds. The maximum atomic E-state index is 12.9. The van der Waals surface area contributed by atoms with Gasteiger partial charge >= 0.3 is 5.69 Å². The maximum absolute atomic E-state index is 12.9. The normalized spacial score (nSPS) is 14.0. The van der Waals surface area contributed by atoms with Gasteiger partial charge in [-0.15, -0.1) is 0 Å². The van der Waals surface area contributed by atoms with Gasteiger partial charge in [0.25, 0.3) is 0 Å². The highest BCUT2D eigenvalue weighted by molar-refractivity contribution is 9.10. The summed E-state index contributed by atoms with van der Waals surface area (Å²) in [6.07, 6.45) is 6.61. The zero-order valence-electron chi connectivity index (χ0n) is 15.0. The first-order chi connectivity index (χ1) is 12.8. The van der Waals surface area contributed by atoms with Crippen molar-refractivity contribution in [1.82, 2.24) is 18.8 Å². The highest BCUT2D eigenvalue weighted by Gasteiger charge is 2.22. The SMILES string of the molecule is Cn1c(=O)n(C)c2cc(S(=O)(=O)NCc3cncc4c3CCC4)c(Br)cc21. The molecule has 0 aliphatic heterocycles. The molecule has 0 fully saturated rings. The van der Waals surface area contributed by atoms with Crippen molar-refractivity contribution in [3.05, 3.63) is 56.2 Å². The second-order valence-corrected chi connectivity index (χ2v) is 9.38. The summed E-state index contributed by atoms with van der Waals surface area (Å²) in [7, 11) is -0.482. The fraction of sp³-hybridized carbons (Fsp3) is 0.333. The quantitative estimate of drug-likeness (QED) is 0.658. The lowest BCUT2D eigenvalue weighted by molar-refractivity contribution is 0.580. The first-order valence-electron chi connectivity index (χ1n) is 8.59. The number of halogens is 1. The van der Waals surface area contributed by atoms with E-state index in [-0.39, 0.29) is 17.1 Å². The topological polar surface area (TPSA) is 86.0 Å². The van der Waals surface area contributed by atoms with E-state index >= 15 is 0 Å². The molecule has 2 aromatic heterocycles. The Morgan fingerprint density at radius 1 is 1.15 bits per heavy atom. The number of fused-ring (bicyclic) bond motifs is 2. The predicted molar refractivity (Wildman–Crippen MR) is 106 cm³/mol. The van der Waals surface area contributed by atoms with Gasteiger partial charge in [-0.3, -0.25) is 14.1 Å². The summed E-state index contributed by atoms with van der Waals surface area (Å²) < 4.78 is 31.9. The smallest absolute Gasteiger partial charge is 0.295 e. The lowest BCUT2D eigenvalue weighted by Gasteiger charge is -2.12. The molecule has 27 heavy (non-hydrogen) atoms. The minimum atomic E-state index is -3.77. The first-order valence-corrected chi connectivity index (χ1v) is 10.9. The van der Waals surface area contributed by atoms with Crippen LogP contribution in [0.25, 0.3) is 11.0 Å². The standard InChI is InChI=1S/C18H19BrN4O3S/c1-22-15-6-14(19)17(7-16(15)23(2)18(22)24)27(25,26)21-10-12-9-20-8-11-4-3-5-13(11)12/h6-9,21H,3-5,10H2,1-2H3. The lowest BCUT2D eigenvalue weighted by atomic mass is 10.1. The van der Waals surface area contributed by atoms with Crippen LogP contribution in [0, 0.1) is 0 Å². The summed E-state index contributed by atoms with van der Waals surface area (Å²) >= 11 is 3.34. The molecule has 2 heterocycles. The number of aryl methyl sites for hydroxylation is 3. The number of pyridine rings is 1. The van der Waals surface area contributed by atoms with Gasteiger partial charge in [-0.2, -0.15) is 0 Å². The van der Waals surface area contributed by atoms with Crippen LogP contribution < -0.4 is 10.4 Å². The Balaban J connectivity index is 1.70. The van der Waals surface area contributed by atoms with Gasteiger partial charge in [-0.05, 0) is 64.0 Å². The summed E-state index contributed by atoms with van der Waals surface area (Å²) in [5.41, 5.74) is 4.34. The van der Waals surface area contributed by atoms with Crippen LogP contribution >= 0.6 is 15.9 Å². The molecular formula is C18H19BrN4O3S. The van der Waals surface area contributed by atoms with E-state index in [1.807, 2.05) is 6.20 Å². The highest BCUT2D eigenvalue weighted by atomic mass is 79.9. The number of hydrogen-bond acceptors (Lipinski definition) is 4. The Bertz CT molecular complexity index is 1230. The molecule has 3 aromatic rings. The van der Waals surface area contributed by atoms with Crippen molar-refractivity contribution < 1.29 is 8.42 Å². The van der Waals surface area contributed by atoms with Gasteiger partial charge in [0.2, 0.25) is 10.0 Å². The van der Waals surface area contributed by atoms with Crippen LogP contribution in [0.4, 0.5) is 0 Å². The first kappa shape index (κ1) is 18.4. The largest absolute Gasteiger partial charge is 0.328 e. The van der Waals surface area contributed by atoms with Crippen LogP contribution in [0.5, 0.6) is 0 Å². The number of imidazole rings is 1. The summed E-state index contributed by atoms with van der Waals surface area (Å²) in [6.45, 7) is 0.191. The molecule has 1 aromatic carbocycles. The van der Waals surface area contributed by atoms with E-state index in [1.165, 1.54) is 26.3 Å². The van der Waals surface area contributed by atoms with Crippen LogP contribution in [0.3, 0.4) is 0 Å². The Kier molecular flexibility index (Phi) is 4.48. The van der Waals surface area contributed by atoms with Crippen molar-refractivity contribution in [3.63, 3.8) is 0 Å². The summed E-state index contributed by atoms with van der Waals surface area (Å²) in [6, 6.07) is 3.18. The Morgan fingerprint density at radius 3 is 2.59 bits per heavy atom. The van der Waals surface area contributed by atoms with Crippen molar-refractivity contribution in [2.24, 2.45) is 14.1 Å². The van der Waals surface area contributed by atoms with Gasteiger partial charge in [0, 0.05) is 37.5 Å². The van der Waals surface area contributed by atoms with Gasteiger partial charge in [0.05, 0.1) is 15.9 Å². The summed E-state index contributed by atoms with van der Waals surface area (Å²) in [5.74, 6) is 0. The molecule has 9 heteroatoms. The molecule has 1 aliphatic carbocycles. The van der Waals surface area contributed by atoms with Crippen LogP contribution in [0.1, 0.15) is 23.1 Å². The van der Waals surface area contributed by atoms with E-state index in [0.29, 0.717) is 15.5 Å².